The number of carbonyl (C=O) groups excluding carboxylic acids is 2. The van der Waals surface area contributed by atoms with Gasteiger partial charge in [0, 0.05) is 10.7 Å². The maximum Gasteiger partial charge on any atom is 0.329 e. The molecule has 0 aliphatic rings. The second kappa shape index (κ2) is 8.26. The van der Waals surface area contributed by atoms with E-state index in [0.717, 1.165) is 17.5 Å². The Hall–Kier alpha value is -2.66. The maximum absolute atomic E-state index is 11.8. The molecule has 2 aromatic rings. The SMILES string of the molecule is CCc1ccc(/C=N\NC(=O)C(=O)Nc2ccc(C)c(Cl)c2)cc1. The van der Waals surface area contributed by atoms with Crippen LogP contribution >= 0.6 is 11.6 Å². The Balaban J connectivity index is 1.89. The molecule has 5 nitrogen and oxygen atoms in total. The molecule has 0 aromatic heterocycles. The van der Waals surface area contributed by atoms with E-state index < -0.39 is 11.8 Å². The first kappa shape index (κ1) is 17.7. The van der Waals surface area contributed by atoms with Crippen molar-refractivity contribution in [1.82, 2.24) is 5.43 Å². The molecule has 2 aromatic carbocycles. The van der Waals surface area contributed by atoms with Gasteiger partial charge >= 0.3 is 11.8 Å². The van der Waals surface area contributed by atoms with Crippen molar-refractivity contribution in [2.45, 2.75) is 20.3 Å². The quantitative estimate of drug-likeness (QED) is 0.508. The molecule has 0 atom stereocenters. The summed E-state index contributed by atoms with van der Waals surface area (Å²) in [4.78, 5) is 23.5. The predicted molar refractivity (Wildman–Crippen MR) is 96.4 cm³/mol. The summed E-state index contributed by atoms with van der Waals surface area (Å²) in [7, 11) is 0. The number of halogens is 1. The number of aryl methyl sites for hydroxylation is 2. The van der Waals surface area contributed by atoms with E-state index >= 15 is 0 Å². The molecule has 0 spiro atoms. The van der Waals surface area contributed by atoms with Gasteiger partial charge in [-0.1, -0.05) is 48.9 Å². The van der Waals surface area contributed by atoms with Crippen LogP contribution in [0.15, 0.2) is 47.6 Å². The van der Waals surface area contributed by atoms with Crippen molar-refractivity contribution < 1.29 is 9.59 Å². The van der Waals surface area contributed by atoms with Crippen LogP contribution < -0.4 is 10.7 Å². The molecule has 2 amide bonds. The lowest BCUT2D eigenvalue weighted by Gasteiger charge is -2.05. The van der Waals surface area contributed by atoms with Crippen molar-refractivity contribution in [3.63, 3.8) is 0 Å². The third-order valence-electron chi connectivity index (χ3n) is 3.40. The molecule has 0 saturated heterocycles. The van der Waals surface area contributed by atoms with Gasteiger partial charge in [0.1, 0.15) is 0 Å². The molecular weight excluding hydrogens is 326 g/mol. The first-order chi connectivity index (χ1) is 11.5. The van der Waals surface area contributed by atoms with Gasteiger partial charge in [0.25, 0.3) is 0 Å². The maximum atomic E-state index is 11.8. The second-order valence-electron chi connectivity index (χ2n) is 5.21. The summed E-state index contributed by atoms with van der Waals surface area (Å²) < 4.78 is 0. The van der Waals surface area contributed by atoms with E-state index in [0.29, 0.717) is 10.7 Å². The van der Waals surface area contributed by atoms with Crippen LogP contribution in [0.1, 0.15) is 23.6 Å². The van der Waals surface area contributed by atoms with Crippen molar-refractivity contribution >= 4 is 35.3 Å². The van der Waals surface area contributed by atoms with Crippen molar-refractivity contribution in [2.75, 3.05) is 5.32 Å². The first-order valence-corrected chi connectivity index (χ1v) is 7.87. The molecule has 2 rings (SSSR count). The number of nitrogens with one attached hydrogen (secondary N) is 2. The van der Waals surface area contributed by atoms with Crippen LogP contribution in [-0.2, 0) is 16.0 Å². The van der Waals surface area contributed by atoms with Gasteiger partial charge in [0.15, 0.2) is 0 Å². The van der Waals surface area contributed by atoms with Gasteiger partial charge in [0.05, 0.1) is 6.21 Å². The Morgan fingerprint density at radius 1 is 1.12 bits per heavy atom. The Morgan fingerprint density at radius 3 is 2.46 bits per heavy atom. The van der Waals surface area contributed by atoms with Crippen LogP contribution in [0.5, 0.6) is 0 Å². The summed E-state index contributed by atoms with van der Waals surface area (Å²) in [6, 6.07) is 12.8. The number of benzene rings is 2. The Morgan fingerprint density at radius 2 is 1.83 bits per heavy atom. The highest BCUT2D eigenvalue weighted by atomic mass is 35.5. The summed E-state index contributed by atoms with van der Waals surface area (Å²) >= 11 is 5.97. The van der Waals surface area contributed by atoms with Gasteiger partial charge in [-0.25, -0.2) is 5.43 Å². The summed E-state index contributed by atoms with van der Waals surface area (Å²) in [5.41, 5.74) is 5.57. The van der Waals surface area contributed by atoms with Crippen LogP contribution in [0.3, 0.4) is 0 Å². The third kappa shape index (κ3) is 4.93. The molecule has 0 saturated carbocycles. The summed E-state index contributed by atoms with van der Waals surface area (Å²) in [6.45, 7) is 3.92. The average molecular weight is 344 g/mol. The lowest BCUT2D eigenvalue weighted by atomic mass is 10.1. The minimum Gasteiger partial charge on any atom is -0.318 e. The first-order valence-electron chi connectivity index (χ1n) is 7.49. The predicted octanol–water partition coefficient (Wildman–Crippen LogP) is 3.30. The van der Waals surface area contributed by atoms with Gasteiger partial charge in [0.2, 0.25) is 0 Å². The van der Waals surface area contributed by atoms with Crippen LogP contribution in [0.4, 0.5) is 5.69 Å². The van der Waals surface area contributed by atoms with Gasteiger partial charge in [-0.2, -0.15) is 5.10 Å². The number of carbonyl (C=O) groups is 2. The molecule has 0 aliphatic carbocycles. The molecule has 24 heavy (non-hydrogen) atoms. The zero-order chi connectivity index (χ0) is 17.5. The van der Waals surface area contributed by atoms with Crippen LogP contribution in [0, 0.1) is 6.92 Å². The molecular formula is C18H18ClN3O2. The fourth-order valence-corrected chi connectivity index (χ4v) is 2.09. The average Bonchev–Trinajstić information content (AvgIpc) is 2.58. The standard InChI is InChI=1S/C18H18ClN3O2/c1-3-13-5-7-14(8-6-13)11-20-22-18(24)17(23)21-15-9-4-12(2)16(19)10-15/h4-11H,3H2,1-2H3,(H,21,23)(H,22,24)/b20-11-. The van der Waals surface area contributed by atoms with Crippen LogP contribution in [-0.4, -0.2) is 18.0 Å². The van der Waals surface area contributed by atoms with E-state index in [-0.39, 0.29) is 0 Å². The second-order valence-corrected chi connectivity index (χ2v) is 5.62. The van der Waals surface area contributed by atoms with Gasteiger partial charge in [-0.15, -0.1) is 0 Å². The van der Waals surface area contributed by atoms with Crippen molar-refractivity contribution in [3.8, 4) is 0 Å². The number of amides is 2. The number of rotatable bonds is 4. The number of hydrazone groups is 1. The van der Waals surface area contributed by atoms with Crippen LogP contribution in [0.25, 0.3) is 0 Å². The van der Waals surface area contributed by atoms with Crippen molar-refractivity contribution in [1.29, 1.82) is 0 Å². The monoisotopic (exact) mass is 343 g/mol. The van der Waals surface area contributed by atoms with Crippen molar-refractivity contribution in [3.05, 3.63) is 64.2 Å². The molecule has 0 radical (unpaired) electrons. The van der Waals surface area contributed by atoms with E-state index in [1.54, 1.807) is 18.2 Å². The molecule has 124 valence electrons. The Bertz CT molecular complexity index is 770. The zero-order valence-corrected chi connectivity index (χ0v) is 14.2. The van der Waals surface area contributed by atoms with Gasteiger partial charge < -0.3 is 5.32 Å². The lowest BCUT2D eigenvalue weighted by Crippen LogP contribution is -2.32. The molecule has 0 fully saturated rings. The highest BCUT2D eigenvalue weighted by Crippen LogP contribution is 2.19. The summed E-state index contributed by atoms with van der Waals surface area (Å²) in [6.07, 6.45) is 2.44. The molecule has 0 bridgehead atoms. The van der Waals surface area contributed by atoms with Crippen LogP contribution in [0.2, 0.25) is 5.02 Å². The molecule has 6 heteroatoms. The molecule has 0 heterocycles. The van der Waals surface area contributed by atoms with E-state index in [4.69, 9.17) is 11.6 Å². The number of hydrogen-bond acceptors (Lipinski definition) is 3. The highest BCUT2D eigenvalue weighted by molar-refractivity contribution is 6.39. The third-order valence-corrected chi connectivity index (χ3v) is 3.81. The normalized spacial score (nSPS) is 10.6. The number of nitrogens with zero attached hydrogens (tertiary/aromatic N) is 1. The number of hydrogen-bond donors (Lipinski definition) is 2. The lowest BCUT2D eigenvalue weighted by molar-refractivity contribution is -0.136. The van der Waals surface area contributed by atoms with E-state index in [1.807, 2.05) is 31.2 Å². The van der Waals surface area contributed by atoms with E-state index in [2.05, 4.69) is 22.8 Å². The largest absolute Gasteiger partial charge is 0.329 e. The zero-order valence-electron chi connectivity index (χ0n) is 13.5. The fourth-order valence-electron chi connectivity index (χ4n) is 1.91. The summed E-state index contributed by atoms with van der Waals surface area (Å²) in [5, 5.41) is 6.76. The molecule has 0 aliphatic heterocycles. The van der Waals surface area contributed by atoms with E-state index in [9.17, 15) is 9.59 Å². The highest BCUT2D eigenvalue weighted by Gasteiger charge is 2.13. The molecule has 0 unspecified atom stereocenters. The van der Waals surface area contributed by atoms with Gasteiger partial charge in [-0.3, -0.25) is 9.59 Å². The minimum absolute atomic E-state index is 0.449. The van der Waals surface area contributed by atoms with Gasteiger partial charge in [-0.05, 0) is 42.2 Å². The molecule has 2 N–H and O–H groups in total. The van der Waals surface area contributed by atoms with E-state index in [1.165, 1.54) is 11.8 Å². The minimum atomic E-state index is -0.854. The topological polar surface area (TPSA) is 70.6 Å². The Kier molecular flexibility index (Phi) is 6.09. The number of anilines is 1. The van der Waals surface area contributed by atoms with Crippen molar-refractivity contribution in [2.24, 2.45) is 5.10 Å². The Labute approximate surface area is 145 Å². The smallest absolute Gasteiger partial charge is 0.318 e. The summed E-state index contributed by atoms with van der Waals surface area (Å²) in [5.74, 6) is -1.67. The fraction of sp³-hybridized carbons (Fsp3) is 0.167.